The van der Waals surface area contributed by atoms with Crippen molar-refractivity contribution in [1.29, 1.82) is 5.26 Å². The van der Waals surface area contributed by atoms with Crippen molar-refractivity contribution < 1.29 is 9.59 Å². The molecule has 43 heavy (non-hydrogen) atoms. The summed E-state index contributed by atoms with van der Waals surface area (Å²) < 4.78 is 1.98. The summed E-state index contributed by atoms with van der Waals surface area (Å²) in [6.07, 6.45) is 3.37. The molecule has 1 aliphatic rings. The van der Waals surface area contributed by atoms with Gasteiger partial charge in [-0.3, -0.25) is 14.9 Å². The first kappa shape index (κ1) is 32.2. The number of imidazole rings is 1. The molecule has 0 aliphatic carbocycles. The first-order valence-electron chi connectivity index (χ1n) is 14.9. The predicted octanol–water partition coefficient (Wildman–Crippen LogP) is 6.95. The zero-order chi connectivity index (χ0) is 31.5. The molecule has 2 aromatic carbocycles. The quantitative estimate of drug-likeness (QED) is 0.214. The highest BCUT2D eigenvalue weighted by Gasteiger charge is 2.32. The van der Waals surface area contributed by atoms with Crippen LogP contribution in [0.3, 0.4) is 0 Å². The maximum atomic E-state index is 13.5. The summed E-state index contributed by atoms with van der Waals surface area (Å²) >= 11 is 6.03. The van der Waals surface area contributed by atoms with E-state index in [4.69, 9.17) is 16.6 Å². The second kappa shape index (κ2) is 12.9. The van der Waals surface area contributed by atoms with Gasteiger partial charge >= 0.3 is 0 Å². The Balaban J connectivity index is 1.67. The molecule has 9 heteroatoms. The number of allylic oxidation sites excluding steroid dienone is 1. The fraction of sp³-hybridized carbons (Fsp3) is 0.471. The van der Waals surface area contributed by atoms with Crippen LogP contribution in [0.1, 0.15) is 77.2 Å². The van der Waals surface area contributed by atoms with E-state index in [0.29, 0.717) is 42.2 Å². The smallest absolute Gasteiger partial charge is 0.264 e. The van der Waals surface area contributed by atoms with Crippen molar-refractivity contribution in [2.24, 2.45) is 10.8 Å². The lowest BCUT2D eigenvalue weighted by molar-refractivity contribution is -0.127. The molecule has 0 saturated carbocycles. The molecule has 2 N–H and O–H groups in total. The van der Waals surface area contributed by atoms with Crippen LogP contribution in [0.4, 0.5) is 5.95 Å². The molecule has 8 nitrogen and oxygen atoms in total. The lowest BCUT2D eigenvalue weighted by Crippen LogP contribution is -2.39. The van der Waals surface area contributed by atoms with Gasteiger partial charge in [0, 0.05) is 36.3 Å². The number of carbonyl (C=O) groups is 2. The summed E-state index contributed by atoms with van der Waals surface area (Å²) in [4.78, 5) is 33.4. The van der Waals surface area contributed by atoms with Gasteiger partial charge in [0.05, 0.1) is 17.1 Å². The minimum atomic E-state index is -0.299. The molecular formula is C34H43ClN6O2. The number of amides is 2. The third-order valence-corrected chi connectivity index (χ3v) is 8.27. The summed E-state index contributed by atoms with van der Waals surface area (Å²) in [6, 6.07) is 15.1. The summed E-state index contributed by atoms with van der Waals surface area (Å²) in [5, 5.41) is 16.9. The van der Waals surface area contributed by atoms with Crippen LogP contribution in [-0.4, -0.2) is 44.9 Å². The number of carbonyl (C=O) groups excluding carboxylic acids is 2. The number of hydrogen-bond donors (Lipinski definition) is 2. The molecule has 1 unspecified atom stereocenters. The molecule has 4 rings (SSSR count). The molecule has 3 aromatic rings. The van der Waals surface area contributed by atoms with Crippen molar-refractivity contribution in [3.05, 3.63) is 70.3 Å². The van der Waals surface area contributed by atoms with E-state index in [2.05, 4.69) is 50.5 Å². The Morgan fingerprint density at radius 2 is 1.84 bits per heavy atom. The Morgan fingerprint density at radius 3 is 2.47 bits per heavy atom. The molecule has 2 amide bonds. The number of fused-ring (bicyclic) bond motifs is 1. The fourth-order valence-corrected chi connectivity index (χ4v) is 5.28. The third-order valence-electron chi connectivity index (χ3n) is 8.02. The lowest BCUT2D eigenvalue weighted by Gasteiger charge is -2.28. The van der Waals surface area contributed by atoms with Gasteiger partial charge in [-0.2, -0.15) is 5.26 Å². The van der Waals surface area contributed by atoms with Crippen molar-refractivity contribution in [3.63, 3.8) is 0 Å². The van der Waals surface area contributed by atoms with Gasteiger partial charge in [-0.05, 0) is 72.6 Å². The van der Waals surface area contributed by atoms with Gasteiger partial charge in [0.2, 0.25) is 5.95 Å². The average Bonchev–Trinajstić information content (AvgIpc) is 3.53. The van der Waals surface area contributed by atoms with E-state index in [0.717, 1.165) is 29.4 Å². The van der Waals surface area contributed by atoms with Gasteiger partial charge in [-0.25, -0.2) is 4.98 Å². The van der Waals surface area contributed by atoms with Crippen molar-refractivity contribution in [2.75, 3.05) is 11.9 Å². The SMILES string of the molecule is C[C@H](NCc1ccc2c(c1)nc(NC(=O)c1ccc(Cl)cc1)n2CC1CCCN1C(=O)C(C#N)=CC(C)(C)C)C(C)(C)C. The van der Waals surface area contributed by atoms with E-state index < -0.39 is 0 Å². The first-order chi connectivity index (χ1) is 20.2. The van der Waals surface area contributed by atoms with Crippen molar-refractivity contribution >= 4 is 40.4 Å². The van der Waals surface area contributed by atoms with E-state index in [1.54, 1.807) is 35.2 Å². The van der Waals surface area contributed by atoms with E-state index >= 15 is 0 Å². The van der Waals surface area contributed by atoms with E-state index in [1.807, 2.05) is 37.5 Å². The van der Waals surface area contributed by atoms with Crippen LogP contribution in [0.25, 0.3) is 11.0 Å². The minimum absolute atomic E-state index is 0.128. The summed E-state index contributed by atoms with van der Waals surface area (Å²) in [6.45, 7) is 16.4. The predicted molar refractivity (Wildman–Crippen MR) is 173 cm³/mol. The molecule has 1 saturated heterocycles. The number of nitrogens with zero attached hydrogens (tertiary/aromatic N) is 4. The fourth-order valence-electron chi connectivity index (χ4n) is 5.15. The molecule has 1 aromatic heterocycles. The lowest BCUT2D eigenvalue weighted by atomic mass is 9.88. The maximum Gasteiger partial charge on any atom is 0.264 e. The number of anilines is 1. The number of nitrogens with one attached hydrogen (secondary N) is 2. The molecule has 1 fully saturated rings. The number of nitriles is 1. The molecule has 2 atom stereocenters. The number of aromatic nitrogens is 2. The summed E-state index contributed by atoms with van der Waals surface area (Å²) in [5.41, 5.74) is 3.17. The Labute approximate surface area is 260 Å². The Hall–Kier alpha value is -3.67. The zero-order valence-corrected chi connectivity index (χ0v) is 27.0. The summed E-state index contributed by atoms with van der Waals surface area (Å²) in [7, 11) is 0. The molecule has 0 radical (unpaired) electrons. The van der Waals surface area contributed by atoms with E-state index in [-0.39, 0.29) is 34.3 Å². The Kier molecular flexibility index (Phi) is 9.68. The number of hydrogen-bond acceptors (Lipinski definition) is 5. The second-order valence-corrected chi connectivity index (χ2v) is 14.1. The zero-order valence-electron chi connectivity index (χ0n) is 26.3. The van der Waals surface area contributed by atoms with Crippen LogP contribution in [0, 0.1) is 22.2 Å². The number of benzene rings is 2. The Morgan fingerprint density at radius 1 is 1.14 bits per heavy atom. The molecule has 0 bridgehead atoms. The van der Waals surface area contributed by atoms with Gasteiger partial charge in [0.1, 0.15) is 11.6 Å². The van der Waals surface area contributed by atoms with Crippen LogP contribution < -0.4 is 10.6 Å². The standard InChI is InChI=1S/C34H43ClN6O2/c1-22(34(5,6)7)37-20-23-10-15-29-28(17-23)38-32(39-30(42)24-11-13-26(35)14-12-24)41(29)21-27-9-8-16-40(27)31(43)25(19-36)18-33(2,3)4/h10-15,17-18,22,27,37H,8-9,16,20-21H2,1-7H3,(H,38,39,42)/t22-,27?/m0/s1. The van der Waals surface area contributed by atoms with Gasteiger partial charge < -0.3 is 14.8 Å². The van der Waals surface area contributed by atoms with Gasteiger partial charge in [0.15, 0.2) is 0 Å². The Bertz CT molecular complexity index is 1550. The summed E-state index contributed by atoms with van der Waals surface area (Å²) in [5.74, 6) is -0.140. The molecule has 228 valence electrons. The van der Waals surface area contributed by atoms with Gasteiger partial charge in [-0.1, -0.05) is 65.3 Å². The van der Waals surface area contributed by atoms with Crippen LogP contribution in [0.5, 0.6) is 0 Å². The van der Waals surface area contributed by atoms with E-state index in [9.17, 15) is 14.9 Å². The average molecular weight is 603 g/mol. The van der Waals surface area contributed by atoms with Crippen molar-refractivity contribution in [2.45, 2.75) is 86.5 Å². The van der Waals surface area contributed by atoms with Crippen LogP contribution >= 0.6 is 11.6 Å². The van der Waals surface area contributed by atoms with Gasteiger partial charge in [0.25, 0.3) is 11.8 Å². The van der Waals surface area contributed by atoms with Crippen LogP contribution in [-0.2, 0) is 17.9 Å². The first-order valence-corrected chi connectivity index (χ1v) is 15.3. The topological polar surface area (TPSA) is 103 Å². The molecule has 2 heterocycles. The number of rotatable bonds is 8. The highest BCUT2D eigenvalue weighted by molar-refractivity contribution is 6.30. The maximum absolute atomic E-state index is 13.5. The number of likely N-dealkylation sites (tertiary alicyclic amines) is 1. The largest absolute Gasteiger partial charge is 0.333 e. The van der Waals surface area contributed by atoms with Crippen LogP contribution in [0.2, 0.25) is 5.02 Å². The molecule has 0 spiro atoms. The third kappa shape index (κ3) is 8.04. The van der Waals surface area contributed by atoms with Crippen LogP contribution in [0.15, 0.2) is 54.1 Å². The molecular weight excluding hydrogens is 560 g/mol. The van der Waals surface area contributed by atoms with Crippen molar-refractivity contribution in [1.82, 2.24) is 19.8 Å². The minimum Gasteiger partial charge on any atom is -0.333 e. The number of halogens is 1. The van der Waals surface area contributed by atoms with Crippen molar-refractivity contribution in [3.8, 4) is 6.07 Å². The highest BCUT2D eigenvalue weighted by Crippen LogP contribution is 2.29. The van der Waals surface area contributed by atoms with E-state index in [1.165, 1.54) is 0 Å². The normalized spacial score (nSPS) is 16.8. The van der Waals surface area contributed by atoms with Gasteiger partial charge in [-0.15, -0.1) is 0 Å². The molecule has 1 aliphatic heterocycles. The highest BCUT2D eigenvalue weighted by atomic mass is 35.5. The second-order valence-electron chi connectivity index (χ2n) is 13.6. The monoisotopic (exact) mass is 602 g/mol.